The van der Waals surface area contributed by atoms with Gasteiger partial charge in [-0.25, -0.2) is 9.37 Å². The van der Waals surface area contributed by atoms with E-state index in [0.29, 0.717) is 16.5 Å². The molecule has 212 valence electrons. The van der Waals surface area contributed by atoms with Crippen LogP contribution in [-0.2, 0) is 10.2 Å². The Morgan fingerprint density at radius 3 is 2.73 bits per heavy atom. The van der Waals surface area contributed by atoms with Gasteiger partial charge in [0.05, 0.1) is 22.9 Å². The first kappa shape index (κ1) is 28.0. The largest absolute Gasteiger partial charge is 0.452 e. The van der Waals surface area contributed by atoms with Gasteiger partial charge in [0.2, 0.25) is 0 Å². The van der Waals surface area contributed by atoms with Gasteiger partial charge in [-0.05, 0) is 81.8 Å². The Balaban J connectivity index is 1.51. The van der Waals surface area contributed by atoms with Crippen molar-refractivity contribution in [2.75, 3.05) is 31.4 Å². The van der Waals surface area contributed by atoms with Crippen LogP contribution in [0.1, 0.15) is 56.2 Å². The number of piperidine rings is 1. The van der Waals surface area contributed by atoms with E-state index in [1.807, 2.05) is 6.07 Å². The highest BCUT2D eigenvalue weighted by Gasteiger charge is 2.40. The van der Waals surface area contributed by atoms with Gasteiger partial charge in [-0.3, -0.25) is 14.1 Å². The van der Waals surface area contributed by atoms with Gasteiger partial charge in [0.25, 0.3) is 5.56 Å². The number of hydrogen-bond acceptors (Lipinski definition) is 7. The van der Waals surface area contributed by atoms with Crippen molar-refractivity contribution >= 4 is 26.8 Å². The third-order valence-corrected chi connectivity index (χ3v) is 9.98. The second-order valence-electron chi connectivity index (χ2n) is 10.7. The summed E-state index contributed by atoms with van der Waals surface area (Å²) in [7, 11) is -2.58. The van der Waals surface area contributed by atoms with Crippen LogP contribution in [0.3, 0.4) is 0 Å². The number of rotatable bonds is 7. The minimum absolute atomic E-state index is 0.0556. The van der Waals surface area contributed by atoms with Crippen molar-refractivity contribution in [2.45, 2.75) is 52.0 Å². The molecule has 0 bridgehead atoms. The van der Waals surface area contributed by atoms with E-state index >= 15 is 0 Å². The second-order valence-corrected chi connectivity index (χ2v) is 12.5. The third-order valence-electron chi connectivity index (χ3n) is 8.43. The van der Waals surface area contributed by atoms with E-state index in [9.17, 15) is 22.9 Å². The molecule has 1 aliphatic carbocycles. The van der Waals surface area contributed by atoms with Crippen molar-refractivity contribution in [3.05, 3.63) is 57.9 Å². The van der Waals surface area contributed by atoms with Crippen LogP contribution in [-0.4, -0.2) is 49.0 Å². The Morgan fingerprint density at radius 1 is 1.27 bits per heavy atom. The minimum Gasteiger partial charge on any atom is -0.452 e. The molecule has 1 aromatic heterocycles. The first-order valence-electron chi connectivity index (χ1n) is 13.4. The lowest BCUT2D eigenvalue weighted by molar-refractivity contribution is 0.201. The van der Waals surface area contributed by atoms with Crippen LogP contribution < -0.4 is 20.3 Å². The van der Waals surface area contributed by atoms with Gasteiger partial charge in [-0.15, -0.1) is 0 Å². The van der Waals surface area contributed by atoms with Gasteiger partial charge in [0, 0.05) is 25.2 Å². The van der Waals surface area contributed by atoms with Gasteiger partial charge in [0.15, 0.2) is 11.6 Å². The predicted molar refractivity (Wildman–Crippen MR) is 150 cm³/mol. The smallest absolute Gasteiger partial charge is 0.301 e. The van der Waals surface area contributed by atoms with Crippen molar-refractivity contribution in [3.8, 4) is 17.6 Å². The summed E-state index contributed by atoms with van der Waals surface area (Å²) >= 11 is 0. The van der Waals surface area contributed by atoms with Crippen LogP contribution in [0.5, 0.6) is 11.5 Å². The number of hydrogen-bond donors (Lipinski definition) is 2. The van der Waals surface area contributed by atoms with E-state index in [2.05, 4.69) is 15.0 Å². The van der Waals surface area contributed by atoms with Crippen LogP contribution in [0.2, 0.25) is 0 Å². The van der Waals surface area contributed by atoms with E-state index in [-0.39, 0.29) is 40.6 Å². The molecule has 1 atom stereocenters. The molecule has 10 nitrogen and oxygen atoms in total. The molecule has 0 amide bonds. The molecule has 1 spiro atoms. The van der Waals surface area contributed by atoms with Gasteiger partial charge in [-0.2, -0.15) is 18.0 Å². The highest BCUT2D eigenvalue weighted by molar-refractivity contribution is 7.90. The van der Waals surface area contributed by atoms with Gasteiger partial charge in [0.1, 0.15) is 17.4 Å². The number of nitrogens with one attached hydrogen (secondary N) is 2. The van der Waals surface area contributed by atoms with Crippen LogP contribution in [0.25, 0.3) is 10.9 Å². The number of halogens is 1. The van der Waals surface area contributed by atoms with Gasteiger partial charge < -0.3 is 10.1 Å². The first-order chi connectivity index (χ1) is 19.1. The maximum Gasteiger partial charge on any atom is 0.301 e. The van der Waals surface area contributed by atoms with Crippen LogP contribution in [0.4, 0.5) is 10.1 Å². The summed E-state index contributed by atoms with van der Waals surface area (Å²) in [5.74, 6) is -1.10. The minimum atomic E-state index is -3.97. The molecule has 1 aliphatic heterocycles. The molecule has 2 aliphatic rings. The second kappa shape index (κ2) is 10.8. The SMILES string of the molecule is CCN(C)S(=O)(=O)Nc1ccc(F)c(Oc2ccc3ncn([C@H]4CCC5(CCNCC5)C4)c(=O)c3c2C)c1C#N. The summed E-state index contributed by atoms with van der Waals surface area (Å²) in [6.07, 6.45) is 6.75. The first-order valence-corrected chi connectivity index (χ1v) is 14.9. The third kappa shape index (κ3) is 5.05. The van der Waals surface area contributed by atoms with Crippen molar-refractivity contribution in [1.82, 2.24) is 19.2 Å². The Bertz CT molecular complexity index is 1660. The van der Waals surface area contributed by atoms with E-state index in [1.165, 1.54) is 13.1 Å². The standard InChI is InChI=1S/C28H33FN6O4S/c1-4-34(3)40(37,38)33-22-6-5-21(29)26(20(22)16-30)39-24-8-7-23-25(18(24)2)27(36)35(17-32-23)19-9-10-28(15-19)11-13-31-14-12-28/h5-8,17,19,31,33H,4,9-15H2,1-3H3/t19-/m0/s1. The summed E-state index contributed by atoms with van der Waals surface area (Å²) in [4.78, 5) is 18.3. The highest BCUT2D eigenvalue weighted by atomic mass is 32.2. The molecule has 3 aromatic rings. The fourth-order valence-corrected chi connectivity index (χ4v) is 6.85. The number of fused-ring (bicyclic) bond motifs is 1. The summed E-state index contributed by atoms with van der Waals surface area (Å²) in [5.41, 5.74) is 0.594. The molecule has 1 saturated heterocycles. The van der Waals surface area contributed by atoms with Crippen molar-refractivity contribution in [3.63, 3.8) is 0 Å². The maximum absolute atomic E-state index is 15.0. The van der Waals surface area contributed by atoms with Crippen molar-refractivity contribution < 1.29 is 17.5 Å². The lowest BCUT2D eigenvalue weighted by Crippen LogP contribution is -2.35. The number of nitriles is 1. The summed E-state index contributed by atoms with van der Waals surface area (Å²) in [6.45, 7) is 5.55. The molecule has 2 N–H and O–H groups in total. The number of aromatic nitrogens is 2. The maximum atomic E-state index is 15.0. The monoisotopic (exact) mass is 568 g/mol. The van der Waals surface area contributed by atoms with E-state index < -0.39 is 21.8 Å². The number of aryl methyl sites for hydroxylation is 1. The predicted octanol–water partition coefficient (Wildman–Crippen LogP) is 4.21. The fraction of sp³-hybridized carbons (Fsp3) is 0.464. The Kier molecular flexibility index (Phi) is 7.56. The molecule has 12 heteroatoms. The number of anilines is 1. The lowest BCUT2D eigenvalue weighted by Gasteiger charge is -2.34. The summed E-state index contributed by atoms with van der Waals surface area (Å²) in [6, 6.07) is 7.30. The Labute approximate surface area is 233 Å². The zero-order valence-corrected chi connectivity index (χ0v) is 23.6. The molecule has 1 saturated carbocycles. The number of benzene rings is 2. The molecule has 2 heterocycles. The molecule has 0 radical (unpaired) electrons. The topological polar surface area (TPSA) is 129 Å². The van der Waals surface area contributed by atoms with Crippen LogP contribution in [0, 0.1) is 29.5 Å². The van der Waals surface area contributed by atoms with Crippen LogP contribution >= 0.6 is 0 Å². The zero-order valence-electron chi connectivity index (χ0n) is 22.8. The lowest BCUT2D eigenvalue weighted by atomic mass is 9.77. The van der Waals surface area contributed by atoms with E-state index in [1.54, 1.807) is 36.9 Å². The molecule has 2 fully saturated rings. The van der Waals surface area contributed by atoms with E-state index in [4.69, 9.17) is 4.74 Å². The molecule has 5 rings (SSSR count). The molecule has 40 heavy (non-hydrogen) atoms. The Morgan fingerprint density at radius 2 is 2.02 bits per heavy atom. The molecular formula is C28H33FN6O4S. The van der Waals surface area contributed by atoms with Gasteiger partial charge in [-0.1, -0.05) is 6.92 Å². The van der Waals surface area contributed by atoms with Crippen molar-refractivity contribution in [1.29, 1.82) is 5.26 Å². The average molecular weight is 569 g/mol. The van der Waals surface area contributed by atoms with E-state index in [0.717, 1.165) is 55.6 Å². The quantitative estimate of drug-likeness (QED) is 0.437. The van der Waals surface area contributed by atoms with Crippen molar-refractivity contribution in [2.24, 2.45) is 5.41 Å². The highest BCUT2D eigenvalue weighted by Crippen LogP contribution is 2.49. The molecular weight excluding hydrogens is 535 g/mol. The average Bonchev–Trinajstić information content (AvgIpc) is 3.34. The van der Waals surface area contributed by atoms with Crippen LogP contribution in [0.15, 0.2) is 35.4 Å². The summed E-state index contributed by atoms with van der Waals surface area (Å²) in [5, 5.41) is 13.6. The normalized spacial score (nSPS) is 18.8. The summed E-state index contributed by atoms with van der Waals surface area (Å²) < 4.78 is 51.1. The Hall–Kier alpha value is -3.53. The molecule has 0 unspecified atom stereocenters. The molecule has 2 aromatic carbocycles. The zero-order chi connectivity index (χ0) is 28.7. The van der Waals surface area contributed by atoms with Gasteiger partial charge >= 0.3 is 10.2 Å². The fourth-order valence-electron chi connectivity index (χ4n) is 5.91. The number of ether oxygens (including phenoxy) is 1. The number of nitrogens with zero attached hydrogens (tertiary/aromatic N) is 4.